The van der Waals surface area contributed by atoms with Gasteiger partial charge in [0.25, 0.3) is 5.91 Å². The molecule has 0 spiro atoms. The summed E-state index contributed by atoms with van der Waals surface area (Å²) < 4.78 is 0. The van der Waals surface area contributed by atoms with Gasteiger partial charge in [-0.15, -0.1) is 0 Å². The highest BCUT2D eigenvalue weighted by molar-refractivity contribution is 6.04. The number of carboxylic acids is 1. The molecule has 19 heavy (non-hydrogen) atoms. The Morgan fingerprint density at radius 1 is 1.26 bits per heavy atom. The molecule has 0 aliphatic rings. The van der Waals surface area contributed by atoms with E-state index in [1.165, 1.54) is 18.5 Å². The summed E-state index contributed by atoms with van der Waals surface area (Å²) in [6.07, 6.45) is 1.89. The summed E-state index contributed by atoms with van der Waals surface area (Å²) in [6, 6.07) is 6.08. The van der Waals surface area contributed by atoms with E-state index in [-0.39, 0.29) is 11.1 Å². The second kappa shape index (κ2) is 5.76. The van der Waals surface area contributed by atoms with Crippen molar-refractivity contribution in [3.05, 3.63) is 47.5 Å². The van der Waals surface area contributed by atoms with Crippen LogP contribution in [0.3, 0.4) is 0 Å². The molecule has 0 atom stereocenters. The van der Waals surface area contributed by atoms with Crippen molar-refractivity contribution >= 4 is 11.9 Å². The number of aromatic amines is 1. The molecule has 0 aliphatic carbocycles. The van der Waals surface area contributed by atoms with E-state index in [4.69, 9.17) is 5.11 Å². The van der Waals surface area contributed by atoms with Crippen LogP contribution in [0.2, 0.25) is 0 Å². The zero-order chi connectivity index (χ0) is 13.7. The molecule has 0 aliphatic heterocycles. The Morgan fingerprint density at radius 3 is 2.63 bits per heavy atom. The molecule has 0 bridgehead atoms. The van der Waals surface area contributed by atoms with Gasteiger partial charge in [-0.1, -0.05) is 12.1 Å². The fourth-order valence-corrected chi connectivity index (χ4v) is 1.61. The minimum atomic E-state index is -1.12. The first-order valence-electron chi connectivity index (χ1n) is 5.63. The lowest BCUT2D eigenvalue weighted by Crippen LogP contribution is -2.27. The molecule has 1 aromatic carbocycles. The minimum Gasteiger partial charge on any atom is -0.478 e. The molecule has 1 amide bonds. The largest absolute Gasteiger partial charge is 0.478 e. The molecule has 2 aromatic rings. The van der Waals surface area contributed by atoms with Gasteiger partial charge in [0, 0.05) is 13.0 Å². The van der Waals surface area contributed by atoms with Crippen LogP contribution in [0.15, 0.2) is 30.6 Å². The minimum absolute atomic E-state index is 0.0142. The molecule has 0 radical (unpaired) electrons. The SMILES string of the molecule is O=C(O)c1ccccc1C(=O)NCCc1ncn[nH]1. The first-order valence-corrected chi connectivity index (χ1v) is 5.63. The van der Waals surface area contributed by atoms with E-state index in [1.807, 2.05) is 0 Å². The van der Waals surface area contributed by atoms with Crippen LogP contribution in [0.5, 0.6) is 0 Å². The molecule has 0 saturated carbocycles. The standard InChI is InChI=1S/C12H12N4O3/c17-11(13-6-5-10-14-7-15-16-10)8-3-1-2-4-9(8)12(18)19/h1-4,7H,5-6H2,(H,13,17)(H,18,19)(H,14,15,16). The number of benzene rings is 1. The molecule has 3 N–H and O–H groups in total. The van der Waals surface area contributed by atoms with Gasteiger partial charge in [-0.2, -0.15) is 5.10 Å². The maximum atomic E-state index is 11.9. The van der Waals surface area contributed by atoms with Gasteiger partial charge in [0.1, 0.15) is 12.2 Å². The van der Waals surface area contributed by atoms with Crippen LogP contribution < -0.4 is 5.32 Å². The predicted molar refractivity (Wildman–Crippen MR) is 65.8 cm³/mol. The number of carbonyl (C=O) groups excluding carboxylic acids is 1. The molecule has 98 valence electrons. The fourth-order valence-electron chi connectivity index (χ4n) is 1.61. The Balaban J connectivity index is 1.98. The number of aromatic nitrogens is 3. The van der Waals surface area contributed by atoms with Crippen molar-refractivity contribution in [3.8, 4) is 0 Å². The molecule has 7 heteroatoms. The Kier molecular flexibility index (Phi) is 3.87. The summed E-state index contributed by atoms with van der Waals surface area (Å²) in [5, 5.41) is 18.0. The average molecular weight is 260 g/mol. The molecule has 7 nitrogen and oxygen atoms in total. The summed E-state index contributed by atoms with van der Waals surface area (Å²) in [7, 11) is 0. The maximum absolute atomic E-state index is 11.9. The lowest BCUT2D eigenvalue weighted by atomic mass is 10.1. The van der Waals surface area contributed by atoms with Crippen LogP contribution in [0.25, 0.3) is 0 Å². The third-order valence-electron chi connectivity index (χ3n) is 2.51. The number of H-pyrrole nitrogens is 1. The highest BCUT2D eigenvalue weighted by atomic mass is 16.4. The van der Waals surface area contributed by atoms with Crippen molar-refractivity contribution in [2.24, 2.45) is 0 Å². The van der Waals surface area contributed by atoms with Crippen molar-refractivity contribution in [1.82, 2.24) is 20.5 Å². The van der Waals surface area contributed by atoms with Crippen LogP contribution in [0.1, 0.15) is 26.5 Å². The van der Waals surface area contributed by atoms with E-state index in [2.05, 4.69) is 20.5 Å². The number of rotatable bonds is 5. The Labute approximate surface area is 108 Å². The molecule has 0 unspecified atom stereocenters. The average Bonchev–Trinajstić information content (AvgIpc) is 2.91. The smallest absolute Gasteiger partial charge is 0.336 e. The Morgan fingerprint density at radius 2 is 2.00 bits per heavy atom. The van der Waals surface area contributed by atoms with Crippen LogP contribution in [0, 0.1) is 0 Å². The summed E-state index contributed by atoms with van der Waals surface area (Å²) in [6.45, 7) is 0.349. The number of aromatic carboxylic acids is 1. The Bertz CT molecular complexity index is 580. The van der Waals surface area contributed by atoms with Gasteiger partial charge in [-0.3, -0.25) is 9.89 Å². The quantitative estimate of drug-likeness (QED) is 0.724. The number of carbonyl (C=O) groups is 2. The summed E-state index contributed by atoms with van der Waals surface area (Å²) in [5.74, 6) is -0.884. The second-order valence-electron chi connectivity index (χ2n) is 3.79. The van der Waals surface area contributed by atoms with Gasteiger partial charge < -0.3 is 10.4 Å². The van der Waals surface area contributed by atoms with Gasteiger partial charge in [-0.05, 0) is 12.1 Å². The van der Waals surface area contributed by atoms with E-state index in [0.29, 0.717) is 18.8 Å². The molecular formula is C12H12N4O3. The van der Waals surface area contributed by atoms with Crippen LogP contribution in [-0.4, -0.2) is 38.7 Å². The monoisotopic (exact) mass is 260 g/mol. The number of amides is 1. The summed E-state index contributed by atoms with van der Waals surface area (Å²) in [4.78, 5) is 26.8. The third-order valence-corrected chi connectivity index (χ3v) is 2.51. The number of nitrogens with zero attached hydrogens (tertiary/aromatic N) is 2. The normalized spacial score (nSPS) is 10.1. The predicted octanol–water partition coefficient (Wildman–Crippen LogP) is 0.475. The molecule has 2 rings (SSSR count). The van der Waals surface area contributed by atoms with E-state index in [0.717, 1.165) is 0 Å². The highest BCUT2D eigenvalue weighted by Gasteiger charge is 2.15. The molecular weight excluding hydrogens is 248 g/mol. The molecule has 1 heterocycles. The first kappa shape index (κ1) is 12.7. The first-order chi connectivity index (χ1) is 9.18. The van der Waals surface area contributed by atoms with Gasteiger partial charge in [0.05, 0.1) is 11.1 Å². The number of hydrogen-bond acceptors (Lipinski definition) is 4. The fraction of sp³-hybridized carbons (Fsp3) is 0.167. The van der Waals surface area contributed by atoms with Crippen molar-refractivity contribution in [2.75, 3.05) is 6.54 Å². The van der Waals surface area contributed by atoms with Crippen molar-refractivity contribution < 1.29 is 14.7 Å². The lowest BCUT2D eigenvalue weighted by molar-refractivity contribution is 0.0691. The number of carboxylic acid groups (broad SMARTS) is 1. The lowest BCUT2D eigenvalue weighted by Gasteiger charge is -2.06. The summed E-state index contributed by atoms with van der Waals surface area (Å²) >= 11 is 0. The third kappa shape index (κ3) is 3.15. The van der Waals surface area contributed by atoms with E-state index in [1.54, 1.807) is 12.1 Å². The van der Waals surface area contributed by atoms with E-state index >= 15 is 0 Å². The number of hydrogen-bond donors (Lipinski definition) is 3. The highest BCUT2D eigenvalue weighted by Crippen LogP contribution is 2.08. The van der Waals surface area contributed by atoms with Crippen LogP contribution >= 0.6 is 0 Å². The maximum Gasteiger partial charge on any atom is 0.336 e. The van der Waals surface area contributed by atoms with Gasteiger partial charge in [0.2, 0.25) is 0 Å². The van der Waals surface area contributed by atoms with Crippen LogP contribution in [0.4, 0.5) is 0 Å². The summed E-state index contributed by atoms with van der Waals surface area (Å²) in [5.41, 5.74) is 0.132. The van der Waals surface area contributed by atoms with Crippen LogP contribution in [-0.2, 0) is 6.42 Å². The van der Waals surface area contributed by atoms with E-state index < -0.39 is 11.9 Å². The second-order valence-corrected chi connectivity index (χ2v) is 3.79. The van der Waals surface area contributed by atoms with E-state index in [9.17, 15) is 9.59 Å². The zero-order valence-electron chi connectivity index (χ0n) is 9.96. The molecule has 0 saturated heterocycles. The van der Waals surface area contributed by atoms with Gasteiger partial charge >= 0.3 is 5.97 Å². The van der Waals surface area contributed by atoms with Crippen molar-refractivity contribution in [1.29, 1.82) is 0 Å². The molecule has 1 aromatic heterocycles. The van der Waals surface area contributed by atoms with Crippen molar-refractivity contribution in [2.45, 2.75) is 6.42 Å². The molecule has 0 fully saturated rings. The number of nitrogens with one attached hydrogen (secondary N) is 2. The Hall–Kier alpha value is -2.70. The van der Waals surface area contributed by atoms with Gasteiger partial charge in [-0.25, -0.2) is 9.78 Å². The van der Waals surface area contributed by atoms with Gasteiger partial charge in [0.15, 0.2) is 0 Å². The zero-order valence-corrected chi connectivity index (χ0v) is 9.96. The topological polar surface area (TPSA) is 108 Å². The van der Waals surface area contributed by atoms with Crippen molar-refractivity contribution in [3.63, 3.8) is 0 Å².